The van der Waals surface area contributed by atoms with E-state index in [2.05, 4.69) is 0 Å². The highest BCUT2D eigenvalue weighted by atomic mass is 19.1. The van der Waals surface area contributed by atoms with Gasteiger partial charge >= 0.3 is 5.97 Å². The minimum absolute atomic E-state index is 0.0921. The Labute approximate surface area is 122 Å². The summed E-state index contributed by atoms with van der Waals surface area (Å²) in [6.45, 7) is 0.729. The van der Waals surface area contributed by atoms with Crippen LogP contribution >= 0.6 is 0 Å². The number of rotatable bonds is 3. The first-order valence-electron chi connectivity index (χ1n) is 6.78. The van der Waals surface area contributed by atoms with E-state index in [0.29, 0.717) is 19.4 Å². The Morgan fingerprint density at radius 2 is 2.10 bits per heavy atom. The van der Waals surface area contributed by atoms with E-state index in [1.807, 2.05) is 0 Å². The largest absolute Gasteiger partial charge is 0.496 e. The second kappa shape index (κ2) is 6.56. The summed E-state index contributed by atoms with van der Waals surface area (Å²) in [6.07, 6.45) is 1.35. The molecule has 21 heavy (non-hydrogen) atoms. The van der Waals surface area contributed by atoms with E-state index in [1.165, 1.54) is 37.3 Å². The zero-order chi connectivity index (χ0) is 15.4. The van der Waals surface area contributed by atoms with Crippen molar-refractivity contribution >= 4 is 11.9 Å². The molecular formula is C15H18FNO4. The van der Waals surface area contributed by atoms with Crippen LogP contribution < -0.4 is 4.74 Å². The van der Waals surface area contributed by atoms with Crippen LogP contribution in [0.2, 0.25) is 0 Å². The van der Waals surface area contributed by atoms with Gasteiger partial charge in [-0.05, 0) is 25.0 Å². The molecule has 1 unspecified atom stereocenters. The van der Waals surface area contributed by atoms with Gasteiger partial charge in [-0.2, -0.15) is 0 Å². The molecule has 6 heteroatoms. The average Bonchev–Trinajstić information content (AvgIpc) is 2.53. The maximum atomic E-state index is 13.9. The van der Waals surface area contributed by atoms with Gasteiger partial charge in [-0.3, -0.25) is 9.59 Å². The maximum Gasteiger partial charge on any atom is 0.310 e. The van der Waals surface area contributed by atoms with E-state index >= 15 is 0 Å². The van der Waals surface area contributed by atoms with Crippen molar-refractivity contribution in [3.8, 4) is 5.75 Å². The van der Waals surface area contributed by atoms with Gasteiger partial charge in [-0.15, -0.1) is 0 Å². The Balaban J connectivity index is 2.22. The van der Waals surface area contributed by atoms with Crippen molar-refractivity contribution in [2.75, 3.05) is 27.3 Å². The number of hydrogen-bond donors (Lipinski definition) is 0. The molecule has 0 N–H and O–H groups in total. The topological polar surface area (TPSA) is 55.8 Å². The summed E-state index contributed by atoms with van der Waals surface area (Å²) in [5, 5.41) is 0. The zero-order valence-electron chi connectivity index (χ0n) is 12.1. The molecule has 1 heterocycles. The molecule has 1 amide bonds. The number of hydrogen-bond acceptors (Lipinski definition) is 4. The number of halogens is 1. The molecule has 0 saturated carbocycles. The van der Waals surface area contributed by atoms with Crippen LogP contribution in [-0.4, -0.2) is 44.1 Å². The fourth-order valence-corrected chi connectivity index (χ4v) is 2.56. The highest BCUT2D eigenvalue weighted by molar-refractivity contribution is 5.97. The SMILES string of the molecule is COC(=O)C1CCCN(C(=O)c2c(F)cccc2OC)C1. The van der Waals surface area contributed by atoms with E-state index in [4.69, 9.17) is 9.47 Å². The minimum atomic E-state index is -0.625. The predicted molar refractivity (Wildman–Crippen MR) is 73.6 cm³/mol. The second-order valence-electron chi connectivity index (χ2n) is 4.93. The van der Waals surface area contributed by atoms with Crippen molar-refractivity contribution in [2.45, 2.75) is 12.8 Å². The van der Waals surface area contributed by atoms with Crippen molar-refractivity contribution in [3.63, 3.8) is 0 Å². The van der Waals surface area contributed by atoms with Gasteiger partial charge in [0.05, 0.1) is 20.1 Å². The molecule has 1 fully saturated rings. The van der Waals surface area contributed by atoms with Crippen LogP contribution in [0.25, 0.3) is 0 Å². The van der Waals surface area contributed by atoms with Gasteiger partial charge in [0.15, 0.2) is 0 Å². The van der Waals surface area contributed by atoms with Gasteiger partial charge in [-0.1, -0.05) is 6.07 Å². The summed E-state index contributed by atoms with van der Waals surface area (Å²) in [6, 6.07) is 4.24. The molecule has 5 nitrogen and oxygen atoms in total. The van der Waals surface area contributed by atoms with Gasteiger partial charge in [0.25, 0.3) is 5.91 Å². The third kappa shape index (κ3) is 3.15. The van der Waals surface area contributed by atoms with Crippen molar-refractivity contribution in [1.29, 1.82) is 0 Å². The third-order valence-corrected chi connectivity index (χ3v) is 3.65. The van der Waals surface area contributed by atoms with Crippen LogP contribution in [0.1, 0.15) is 23.2 Å². The number of nitrogens with zero attached hydrogens (tertiary/aromatic N) is 1. The minimum Gasteiger partial charge on any atom is -0.496 e. The van der Waals surface area contributed by atoms with Gasteiger partial charge < -0.3 is 14.4 Å². The Morgan fingerprint density at radius 3 is 2.76 bits per heavy atom. The lowest BCUT2D eigenvalue weighted by Crippen LogP contribution is -2.43. The number of benzene rings is 1. The van der Waals surface area contributed by atoms with Crippen LogP contribution in [0.4, 0.5) is 4.39 Å². The lowest BCUT2D eigenvalue weighted by Gasteiger charge is -2.31. The molecule has 1 saturated heterocycles. The maximum absolute atomic E-state index is 13.9. The molecule has 0 radical (unpaired) electrons. The normalized spacial score (nSPS) is 18.2. The van der Waals surface area contributed by atoms with Gasteiger partial charge in [-0.25, -0.2) is 4.39 Å². The van der Waals surface area contributed by atoms with E-state index in [0.717, 1.165) is 0 Å². The van der Waals surface area contributed by atoms with Crippen LogP contribution in [-0.2, 0) is 9.53 Å². The van der Waals surface area contributed by atoms with Crippen molar-refractivity contribution in [3.05, 3.63) is 29.6 Å². The van der Waals surface area contributed by atoms with Gasteiger partial charge in [0, 0.05) is 13.1 Å². The number of esters is 1. The molecule has 1 aromatic carbocycles. The molecule has 0 bridgehead atoms. The number of carbonyl (C=O) groups is 2. The quantitative estimate of drug-likeness (QED) is 0.799. The van der Waals surface area contributed by atoms with Gasteiger partial charge in [0.1, 0.15) is 17.1 Å². The fourth-order valence-electron chi connectivity index (χ4n) is 2.56. The summed E-state index contributed by atoms with van der Waals surface area (Å²) >= 11 is 0. The highest BCUT2D eigenvalue weighted by Crippen LogP contribution is 2.26. The molecule has 0 aliphatic carbocycles. The lowest BCUT2D eigenvalue weighted by atomic mass is 9.97. The number of methoxy groups -OCH3 is 2. The smallest absolute Gasteiger partial charge is 0.310 e. The van der Waals surface area contributed by atoms with E-state index in [1.54, 1.807) is 0 Å². The molecule has 114 valence electrons. The molecular weight excluding hydrogens is 277 g/mol. The number of carbonyl (C=O) groups excluding carboxylic acids is 2. The molecule has 1 aromatic rings. The van der Waals surface area contributed by atoms with Crippen molar-refractivity contribution < 1.29 is 23.5 Å². The lowest BCUT2D eigenvalue weighted by molar-refractivity contribution is -0.146. The molecule has 1 aliphatic heterocycles. The molecule has 0 spiro atoms. The summed E-state index contributed by atoms with van der Waals surface area (Å²) in [4.78, 5) is 25.6. The molecule has 1 atom stereocenters. The van der Waals surface area contributed by atoms with Crippen LogP contribution in [0.3, 0.4) is 0 Å². The number of amides is 1. The predicted octanol–water partition coefficient (Wildman–Crippen LogP) is 1.86. The summed E-state index contributed by atoms with van der Waals surface area (Å²) < 4.78 is 23.7. The molecule has 0 aromatic heterocycles. The van der Waals surface area contributed by atoms with Crippen LogP contribution in [0.15, 0.2) is 18.2 Å². The average molecular weight is 295 g/mol. The Morgan fingerprint density at radius 1 is 1.33 bits per heavy atom. The Bertz CT molecular complexity index is 546. The number of piperidine rings is 1. The zero-order valence-corrected chi connectivity index (χ0v) is 12.1. The molecule has 2 rings (SSSR count). The molecule has 1 aliphatic rings. The second-order valence-corrected chi connectivity index (χ2v) is 4.93. The van der Waals surface area contributed by atoms with Crippen molar-refractivity contribution in [1.82, 2.24) is 4.90 Å². The first-order valence-corrected chi connectivity index (χ1v) is 6.78. The first kappa shape index (κ1) is 15.3. The van der Waals surface area contributed by atoms with E-state index in [9.17, 15) is 14.0 Å². The Kier molecular flexibility index (Phi) is 4.77. The Hall–Kier alpha value is -2.11. The van der Waals surface area contributed by atoms with Crippen LogP contribution in [0.5, 0.6) is 5.75 Å². The summed E-state index contributed by atoms with van der Waals surface area (Å²) in [5.74, 6) is -1.59. The van der Waals surface area contributed by atoms with Crippen LogP contribution in [0, 0.1) is 11.7 Å². The number of likely N-dealkylation sites (tertiary alicyclic amines) is 1. The number of ether oxygens (including phenoxy) is 2. The monoisotopic (exact) mass is 295 g/mol. The van der Waals surface area contributed by atoms with Gasteiger partial charge in [0.2, 0.25) is 0 Å². The first-order chi connectivity index (χ1) is 10.1. The fraction of sp³-hybridized carbons (Fsp3) is 0.467. The van der Waals surface area contributed by atoms with E-state index < -0.39 is 11.7 Å². The summed E-state index contributed by atoms with van der Waals surface area (Å²) in [5.41, 5.74) is -0.0921. The highest BCUT2D eigenvalue weighted by Gasteiger charge is 2.31. The van der Waals surface area contributed by atoms with Crippen molar-refractivity contribution in [2.24, 2.45) is 5.92 Å². The third-order valence-electron chi connectivity index (χ3n) is 3.65. The summed E-state index contributed by atoms with van der Waals surface area (Å²) in [7, 11) is 2.71. The standard InChI is InChI=1S/C15H18FNO4/c1-20-12-7-3-6-11(16)13(12)14(18)17-8-4-5-10(9-17)15(19)21-2/h3,6-7,10H,4-5,8-9H2,1-2H3. The van der Waals surface area contributed by atoms with E-state index in [-0.39, 0.29) is 29.7 Å².